The normalized spacial score (nSPS) is 22.3. The van der Waals surface area contributed by atoms with Gasteiger partial charge in [0.15, 0.2) is 9.92 Å². The number of amides is 2. The van der Waals surface area contributed by atoms with Crippen LogP contribution in [-0.2, 0) is 28.4 Å². The van der Waals surface area contributed by atoms with Crippen LogP contribution in [0.2, 0.25) is 0 Å². The number of hydrogen-bond acceptors (Lipinski definition) is 5. The fourth-order valence-corrected chi connectivity index (χ4v) is 6.54. The minimum atomic E-state index is -3.41. The Morgan fingerprint density at radius 2 is 1.83 bits per heavy atom. The van der Waals surface area contributed by atoms with E-state index in [-0.39, 0.29) is 4.21 Å². The Morgan fingerprint density at radius 1 is 1.27 bits per heavy atom. The van der Waals surface area contributed by atoms with Crippen LogP contribution in [0.1, 0.15) is 80.5 Å². The van der Waals surface area contributed by atoms with E-state index in [0.29, 0.717) is 17.4 Å². The van der Waals surface area contributed by atoms with E-state index in [9.17, 15) is 14.1 Å². The van der Waals surface area contributed by atoms with E-state index in [1.807, 2.05) is 0 Å². The second kappa shape index (κ2) is 7.40. The molecule has 0 aliphatic heterocycles. The maximum atomic E-state index is 13.0. The molecule has 3 atom stereocenters. The highest BCUT2D eigenvalue weighted by atomic mass is 32.2. The molecule has 4 rings (SSSR count). The van der Waals surface area contributed by atoms with Crippen molar-refractivity contribution < 1.29 is 14.1 Å². The summed E-state index contributed by atoms with van der Waals surface area (Å²) in [5.41, 5.74) is 4.54. The lowest BCUT2D eigenvalue weighted by molar-refractivity contribution is 0.0789. The molecule has 0 radical (unpaired) electrons. The zero-order chi connectivity index (χ0) is 21.8. The third kappa shape index (κ3) is 3.79. The Hall–Kier alpha value is -1.81. The van der Waals surface area contributed by atoms with E-state index in [2.05, 4.69) is 23.5 Å². The number of aliphatic hydroxyl groups is 1. The van der Waals surface area contributed by atoms with Crippen molar-refractivity contribution in [3.05, 3.63) is 39.5 Å². The number of urea groups is 1. The molecule has 2 aliphatic carbocycles. The molecule has 0 spiro atoms. The van der Waals surface area contributed by atoms with Gasteiger partial charge in [0.2, 0.25) is 0 Å². The van der Waals surface area contributed by atoms with Crippen LogP contribution in [0, 0.1) is 0 Å². The number of fused-ring (bicyclic) bond motifs is 2. The molecule has 162 valence electrons. The summed E-state index contributed by atoms with van der Waals surface area (Å²) in [6.45, 7) is 7.58. The average molecular weight is 449 g/mol. The Labute approximate surface area is 181 Å². The number of anilines is 1. The molecule has 0 saturated heterocycles. The Balaban J connectivity index is 1.68. The van der Waals surface area contributed by atoms with E-state index in [1.165, 1.54) is 0 Å². The van der Waals surface area contributed by atoms with Crippen molar-refractivity contribution in [3.8, 4) is 0 Å². The van der Waals surface area contributed by atoms with E-state index in [4.69, 9.17) is 10.1 Å². The smallest absolute Gasteiger partial charge is 0.354 e. The fraction of sp³-hybridized carbons (Fsp3) is 0.524. The first-order chi connectivity index (χ1) is 14.0. The minimum absolute atomic E-state index is 0.266. The Bertz CT molecular complexity index is 1100. The van der Waals surface area contributed by atoms with Crippen molar-refractivity contribution in [2.75, 3.05) is 5.32 Å². The summed E-state index contributed by atoms with van der Waals surface area (Å²) in [4.78, 5) is 17.7. The number of thiophene rings is 1. The standard InChI is InChI=1S/C21H28N4O3S2/c1-11-5-7-14-17(11)23-18-12(2)6-8-15(18)19(14)24-20(26)25-30(22,28)16-9-13(10-29-16)21(3,4)27/h9-12,27H,5-8H2,1-4H3,(H3,22,23,24,25,26,28)/t11-,12+,30-/m1/s1. The first kappa shape index (κ1) is 21.4. The summed E-state index contributed by atoms with van der Waals surface area (Å²) >= 11 is 1.13. The number of hydrogen-bond donors (Lipinski definition) is 3. The van der Waals surface area contributed by atoms with Crippen molar-refractivity contribution in [3.63, 3.8) is 0 Å². The summed E-state index contributed by atoms with van der Waals surface area (Å²) in [5.74, 6) is 0.714. The largest absolute Gasteiger partial charge is 0.386 e. The van der Waals surface area contributed by atoms with Gasteiger partial charge in [-0.05, 0) is 79.5 Å². The Kier molecular flexibility index (Phi) is 5.29. The number of carbonyl (C=O) groups is 1. The molecule has 30 heavy (non-hydrogen) atoms. The number of carbonyl (C=O) groups excluding carboxylic acids is 1. The summed E-state index contributed by atoms with van der Waals surface area (Å²) < 4.78 is 17.1. The topological polar surface area (TPSA) is 118 Å². The van der Waals surface area contributed by atoms with Crippen LogP contribution in [-0.4, -0.2) is 20.3 Å². The first-order valence-electron chi connectivity index (χ1n) is 10.2. The Morgan fingerprint density at radius 3 is 2.33 bits per heavy atom. The highest BCUT2D eigenvalue weighted by Gasteiger charge is 2.32. The van der Waals surface area contributed by atoms with Crippen molar-refractivity contribution >= 4 is 33.0 Å². The number of rotatable bonds is 3. The van der Waals surface area contributed by atoms with Gasteiger partial charge in [0.1, 0.15) is 4.21 Å². The summed E-state index contributed by atoms with van der Waals surface area (Å²) in [6, 6.07) is 0.838. The summed E-state index contributed by atoms with van der Waals surface area (Å²) in [7, 11) is -3.41. The predicted octanol–water partition coefficient (Wildman–Crippen LogP) is 4.40. The van der Waals surface area contributed by atoms with Gasteiger partial charge >= 0.3 is 6.03 Å². The van der Waals surface area contributed by atoms with Gasteiger partial charge in [-0.2, -0.15) is 0 Å². The van der Waals surface area contributed by atoms with Crippen LogP contribution in [0.3, 0.4) is 0 Å². The van der Waals surface area contributed by atoms with Crippen molar-refractivity contribution in [2.45, 2.75) is 75.0 Å². The molecular formula is C21H28N4O3S2. The van der Waals surface area contributed by atoms with Crippen molar-refractivity contribution in [2.24, 2.45) is 9.50 Å². The van der Waals surface area contributed by atoms with Gasteiger partial charge in [-0.3, -0.25) is 4.98 Å². The van der Waals surface area contributed by atoms with Gasteiger partial charge in [0.25, 0.3) is 0 Å². The van der Waals surface area contributed by atoms with Crippen LogP contribution in [0.15, 0.2) is 20.0 Å². The molecule has 2 heterocycles. The average Bonchev–Trinajstić information content (AvgIpc) is 3.35. The zero-order valence-corrected chi connectivity index (χ0v) is 19.3. The molecule has 2 amide bonds. The molecule has 2 aromatic heterocycles. The first-order valence-corrected chi connectivity index (χ1v) is 12.7. The number of aromatic nitrogens is 1. The van der Waals surface area contributed by atoms with Gasteiger partial charge in [-0.1, -0.05) is 13.8 Å². The quantitative estimate of drug-likeness (QED) is 0.645. The lowest BCUT2D eigenvalue weighted by Crippen LogP contribution is -2.19. The second-order valence-electron chi connectivity index (χ2n) is 8.90. The van der Waals surface area contributed by atoms with Crippen LogP contribution < -0.4 is 10.5 Å². The molecule has 2 aromatic rings. The second-order valence-corrected chi connectivity index (χ2v) is 11.8. The molecule has 9 heteroatoms. The lowest BCUT2D eigenvalue weighted by atomic mass is 10.0. The van der Waals surface area contributed by atoms with Crippen LogP contribution >= 0.6 is 11.3 Å². The third-order valence-corrected chi connectivity index (χ3v) is 8.93. The van der Waals surface area contributed by atoms with Gasteiger partial charge in [0.05, 0.1) is 11.3 Å². The third-order valence-electron chi connectivity index (χ3n) is 6.07. The summed E-state index contributed by atoms with van der Waals surface area (Å²) in [5, 5.41) is 20.6. The molecule has 0 unspecified atom stereocenters. The number of nitrogens with one attached hydrogen (secondary N) is 1. The SMILES string of the molecule is C[C@@H]1CCc2c1nc1c(c2NC(=O)N=[S@@](N)(=O)c2cc(C(C)(C)O)cs2)CC[C@@H]1C. The molecule has 0 bridgehead atoms. The highest BCUT2D eigenvalue weighted by molar-refractivity contribution is 7.93. The lowest BCUT2D eigenvalue weighted by Gasteiger charge is -2.16. The van der Waals surface area contributed by atoms with Crippen LogP contribution in [0.4, 0.5) is 10.5 Å². The van der Waals surface area contributed by atoms with Gasteiger partial charge in [-0.15, -0.1) is 15.7 Å². The van der Waals surface area contributed by atoms with Crippen LogP contribution in [0.25, 0.3) is 0 Å². The molecule has 0 fully saturated rings. The van der Waals surface area contributed by atoms with E-state index >= 15 is 0 Å². The number of pyridine rings is 1. The summed E-state index contributed by atoms with van der Waals surface area (Å²) in [6.07, 6.45) is 3.72. The van der Waals surface area contributed by atoms with Crippen molar-refractivity contribution in [1.29, 1.82) is 0 Å². The predicted molar refractivity (Wildman–Crippen MR) is 119 cm³/mol. The molecular weight excluding hydrogens is 420 g/mol. The molecule has 7 nitrogen and oxygen atoms in total. The van der Waals surface area contributed by atoms with Gasteiger partial charge < -0.3 is 10.4 Å². The molecule has 4 N–H and O–H groups in total. The monoisotopic (exact) mass is 448 g/mol. The molecule has 2 aliphatic rings. The maximum Gasteiger partial charge on any atom is 0.354 e. The van der Waals surface area contributed by atoms with Crippen LogP contribution in [0.5, 0.6) is 0 Å². The highest BCUT2D eigenvalue weighted by Crippen LogP contribution is 2.44. The number of nitrogens with two attached hydrogens (primary N) is 1. The molecule has 0 saturated carbocycles. The van der Waals surface area contributed by atoms with Crippen molar-refractivity contribution in [1.82, 2.24) is 4.98 Å². The minimum Gasteiger partial charge on any atom is -0.386 e. The zero-order valence-electron chi connectivity index (χ0n) is 17.7. The fourth-order valence-electron chi connectivity index (χ4n) is 4.26. The molecule has 0 aromatic carbocycles. The number of nitrogens with zero attached hydrogens (tertiary/aromatic N) is 2. The van der Waals surface area contributed by atoms with E-state index in [0.717, 1.165) is 65.2 Å². The van der Waals surface area contributed by atoms with E-state index < -0.39 is 21.5 Å². The van der Waals surface area contributed by atoms with Gasteiger partial charge in [0, 0.05) is 11.4 Å². The van der Waals surface area contributed by atoms with E-state index in [1.54, 1.807) is 25.3 Å². The van der Waals surface area contributed by atoms with Gasteiger partial charge in [-0.25, -0.2) is 14.1 Å². The maximum absolute atomic E-state index is 13.0.